The third-order valence-corrected chi connectivity index (χ3v) is 2.69. The number of hydrogen-bond acceptors (Lipinski definition) is 4. The second-order valence-electron chi connectivity index (χ2n) is 3.21. The molecule has 1 N–H and O–H groups in total. The summed E-state index contributed by atoms with van der Waals surface area (Å²) >= 11 is 4.75. The first-order valence-corrected chi connectivity index (χ1v) is 5.36. The Balaban J connectivity index is 0.00000196. The lowest BCUT2D eigenvalue weighted by Crippen LogP contribution is -2.30. The van der Waals surface area contributed by atoms with E-state index in [-0.39, 0.29) is 12.9 Å². The predicted molar refractivity (Wildman–Crippen MR) is 68.9 cm³/mol. The van der Waals surface area contributed by atoms with Gasteiger partial charge < -0.3 is 10.2 Å². The van der Waals surface area contributed by atoms with E-state index in [2.05, 4.69) is 24.1 Å². The molecule has 0 spiro atoms. The van der Waals surface area contributed by atoms with Crippen molar-refractivity contribution in [2.45, 2.75) is 21.3 Å². The number of nitrogens with one attached hydrogen (secondary N) is 1. The molecule has 1 rings (SSSR count). The van der Waals surface area contributed by atoms with Gasteiger partial charge in [-0.25, -0.2) is 0 Å². The average molecular weight is 228 g/mol. The van der Waals surface area contributed by atoms with Crippen LogP contribution in [0.4, 0.5) is 5.69 Å². The summed E-state index contributed by atoms with van der Waals surface area (Å²) in [5.41, 5.74) is 0.654. The Morgan fingerprint density at radius 3 is 2.40 bits per heavy atom. The first-order chi connectivity index (χ1) is 6.69. The van der Waals surface area contributed by atoms with E-state index in [0.29, 0.717) is 10.2 Å². The molecule has 3 nitrogen and oxygen atoms in total. The van der Waals surface area contributed by atoms with Crippen molar-refractivity contribution in [2.75, 3.05) is 31.5 Å². The number of likely N-dealkylation sites (N-methyl/N-ethyl adjacent to an activating group) is 1. The molecule has 15 heavy (non-hydrogen) atoms. The maximum absolute atomic E-state index is 11.1. The maximum Gasteiger partial charge on any atom is 0.219 e. The fourth-order valence-electron chi connectivity index (χ4n) is 1.34. The number of rotatable bonds is 6. The van der Waals surface area contributed by atoms with Gasteiger partial charge in [-0.2, -0.15) is 0 Å². The smallest absolute Gasteiger partial charge is 0.219 e. The first kappa shape index (κ1) is 14.3. The van der Waals surface area contributed by atoms with Crippen LogP contribution in [0.5, 0.6) is 0 Å². The molecule has 0 bridgehead atoms. The monoisotopic (exact) mass is 228 g/mol. The molecule has 4 heteroatoms. The molecule has 0 aliphatic rings. The van der Waals surface area contributed by atoms with Gasteiger partial charge in [-0.05, 0) is 19.2 Å². The van der Waals surface area contributed by atoms with E-state index in [1.807, 2.05) is 0 Å². The van der Waals surface area contributed by atoms with Crippen LogP contribution >= 0.6 is 12.2 Å². The molecule has 0 aromatic heterocycles. The van der Waals surface area contributed by atoms with Crippen LogP contribution in [0.15, 0.2) is 10.9 Å². The summed E-state index contributed by atoms with van der Waals surface area (Å²) < 4.78 is 0.440. The number of anilines is 1. The van der Waals surface area contributed by atoms with Gasteiger partial charge in [0.1, 0.15) is 0 Å². The van der Waals surface area contributed by atoms with E-state index in [1.165, 1.54) is 0 Å². The molecule has 0 saturated heterocycles. The summed E-state index contributed by atoms with van der Waals surface area (Å²) in [6.45, 7) is 8.12. The SMILES string of the molecule is C.CCN(CC)CCNc1cc(=S)c1=O. The molecule has 1 aromatic rings. The normalized spacial score (nSPS) is 10.3. The zero-order chi connectivity index (χ0) is 10.6. The van der Waals surface area contributed by atoms with Gasteiger partial charge in [-0.15, -0.1) is 0 Å². The van der Waals surface area contributed by atoms with Gasteiger partial charge in [0.25, 0.3) is 0 Å². The highest BCUT2D eigenvalue weighted by Crippen LogP contribution is 2.02. The zero-order valence-electron chi connectivity index (χ0n) is 8.67. The topological polar surface area (TPSA) is 32.3 Å². The van der Waals surface area contributed by atoms with Gasteiger partial charge in [0.05, 0.1) is 10.2 Å². The summed E-state index contributed by atoms with van der Waals surface area (Å²) in [5.74, 6) is 0. The van der Waals surface area contributed by atoms with Crippen molar-refractivity contribution in [2.24, 2.45) is 0 Å². The van der Waals surface area contributed by atoms with Crippen molar-refractivity contribution in [3.05, 3.63) is 20.8 Å². The Morgan fingerprint density at radius 2 is 2.00 bits per heavy atom. The Labute approximate surface area is 96.8 Å². The molecule has 0 unspecified atom stereocenters. The molecule has 0 fully saturated rings. The zero-order valence-corrected chi connectivity index (χ0v) is 9.49. The number of nitrogens with zero attached hydrogens (tertiary/aromatic N) is 1. The Hall–Kier alpha value is -0.740. The molecule has 0 aliphatic heterocycles. The fourth-order valence-corrected chi connectivity index (χ4v) is 1.56. The third-order valence-electron chi connectivity index (χ3n) is 2.38. The van der Waals surface area contributed by atoms with Crippen molar-refractivity contribution >= 4 is 17.9 Å². The molecule has 0 saturated carbocycles. The summed E-state index contributed by atoms with van der Waals surface area (Å²) in [6.07, 6.45) is 0. The second-order valence-corrected chi connectivity index (χ2v) is 3.64. The van der Waals surface area contributed by atoms with E-state index in [1.54, 1.807) is 6.07 Å². The van der Waals surface area contributed by atoms with Gasteiger partial charge in [-0.1, -0.05) is 33.5 Å². The lowest BCUT2D eigenvalue weighted by atomic mass is 10.2. The van der Waals surface area contributed by atoms with Gasteiger partial charge in [0.15, 0.2) is 0 Å². The van der Waals surface area contributed by atoms with Crippen molar-refractivity contribution in [3.8, 4) is 0 Å². The Kier molecular flexibility index (Phi) is 6.36. The Bertz CT molecular complexity index is 351. The first-order valence-electron chi connectivity index (χ1n) is 4.95. The van der Waals surface area contributed by atoms with Crippen molar-refractivity contribution in [1.82, 2.24) is 4.90 Å². The molecule has 86 valence electrons. The van der Waals surface area contributed by atoms with Crippen LogP contribution in [0.3, 0.4) is 0 Å². The lowest BCUT2D eigenvalue weighted by Gasteiger charge is -2.18. The van der Waals surface area contributed by atoms with Crippen LogP contribution in [0.25, 0.3) is 0 Å². The minimum Gasteiger partial charge on any atom is -0.381 e. The average Bonchev–Trinajstić information content (AvgIpc) is 2.22. The second kappa shape index (κ2) is 6.69. The van der Waals surface area contributed by atoms with Gasteiger partial charge in [0.2, 0.25) is 5.43 Å². The minimum atomic E-state index is -0.0143. The minimum absolute atomic E-state index is 0. The van der Waals surface area contributed by atoms with Crippen LogP contribution in [0, 0.1) is 4.51 Å². The van der Waals surface area contributed by atoms with Gasteiger partial charge >= 0.3 is 0 Å². The van der Waals surface area contributed by atoms with E-state index in [0.717, 1.165) is 26.2 Å². The molecular weight excluding hydrogens is 208 g/mol. The van der Waals surface area contributed by atoms with Crippen LogP contribution < -0.4 is 10.7 Å². The molecule has 0 heterocycles. The predicted octanol–water partition coefficient (Wildman–Crippen LogP) is 2.04. The van der Waals surface area contributed by atoms with Gasteiger partial charge in [-0.3, -0.25) is 4.79 Å². The van der Waals surface area contributed by atoms with Crippen LogP contribution in [0.1, 0.15) is 21.3 Å². The lowest BCUT2D eigenvalue weighted by molar-refractivity contribution is 0.316. The molecule has 0 amide bonds. The maximum atomic E-state index is 11.1. The van der Waals surface area contributed by atoms with Crippen molar-refractivity contribution < 1.29 is 0 Å². The van der Waals surface area contributed by atoms with E-state index in [9.17, 15) is 4.79 Å². The fraction of sp³-hybridized carbons (Fsp3) is 0.636. The largest absolute Gasteiger partial charge is 0.381 e. The van der Waals surface area contributed by atoms with Crippen molar-refractivity contribution in [3.63, 3.8) is 0 Å². The van der Waals surface area contributed by atoms with Crippen LogP contribution in [0.2, 0.25) is 0 Å². The van der Waals surface area contributed by atoms with Crippen LogP contribution in [-0.2, 0) is 0 Å². The highest BCUT2D eigenvalue weighted by atomic mass is 32.1. The summed E-state index contributed by atoms with van der Waals surface area (Å²) in [7, 11) is 0. The molecule has 0 atom stereocenters. The summed E-state index contributed by atoms with van der Waals surface area (Å²) in [4.78, 5) is 13.4. The van der Waals surface area contributed by atoms with Crippen molar-refractivity contribution in [1.29, 1.82) is 0 Å². The Morgan fingerprint density at radius 1 is 1.40 bits per heavy atom. The molecule has 0 radical (unpaired) electrons. The number of hydrogen-bond donors (Lipinski definition) is 1. The van der Waals surface area contributed by atoms with E-state index < -0.39 is 0 Å². The molecule has 0 aliphatic carbocycles. The summed E-state index contributed by atoms with van der Waals surface area (Å²) in [5, 5.41) is 3.08. The van der Waals surface area contributed by atoms with E-state index >= 15 is 0 Å². The third kappa shape index (κ3) is 3.72. The summed E-state index contributed by atoms with van der Waals surface area (Å²) in [6, 6.07) is 1.72. The highest BCUT2D eigenvalue weighted by molar-refractivity contribution is 7.71. The molecule has 1 aromatic carbocycles. The molecular formula is C11H20N2OS. The standard InChI is InChI=1S/C10H16N2OS.CH4/c1-3-12(4-2)6-5-11-8-7-9(14)10(8)13;/h7,11H,3-6H2,1-2H3;1H4. The van der Waals surface area contributed by atoms with Gasteiger partial charge in [0, 0.05) is 13.1 Å². The quantitative estimate of drug-likeness (QED) is 0.755. The van der Waals surface area contributed by atoms with E-state index in [4.69, 9.17) is 12.2 Å². The van der Waals surface area contributed by atoms with Crippen LogP contribution in [-0.4, -0.2) is 31.1 Å². The highest BCUT2D eigenvalue weighted by Gasteiger charge is 2.05.